The van der Waals surface area contributed by atoms with Gasteiger partial charge in [-0.05, 0) is 12.1 Å². The third-order valence-corrected chi connectivity index (χ3v) is 5.07. The quantitative estimate of drug-likeness (QED) is 0.794. The van der Waals surface area contributed by atoms with Gasteiger partial charge in [-0.2, -0.15) is 4.98 Å². The van der Waals surface area contributed by atoms with Crippen molar-refractivity contribution in [3.05, 3.63) is 41.8 Å². The van der Waals surface area contributed by atoms with Crippen LogP contribution in [0.3, 0.4) is 0 Å². The Hall–Kier alpha value is -2.55. The maximum atomic E-state index is 12.2. The van der Waals surface area contributed by atoms with Crippen LogP contribution in [0.5, 0.6) is 0 Å². The third kappa shape index (κ3) is 3.85. The van der Waals surface area contributed by atoms with Gasteiger partial charge < -0.3 is 9.42 Å². The molecule has 0 spiro atoms. The molecular weight excluding hydrogens is 332 g/mol. The first-order chi connectivity index (χ1) is 11.4. The first-order valence-corrected chi connectivity index (χ1v) is 9.03. The lowest BCUT2D eigenvalue weighted by Crippen LogP contribution is -2.28. The van der Waals surface area contributed by atoms with Crippen molar-refractivity contribution < 1.29 is 17.7 Å². The predicted molar refractivity (Wildman–Crippen MR) is 85.0 cm³/mol. The van der Waals surface area contributed by atoms with Crippen molar-refractivity contribution in [2.75, 3.05) is 12.8 Å². The molecular formula is C15H16N4O4S. The second kappa shape index (κ2) is 6.52. The molecule has 24 heavy (non-hydrogen) atoms. The van der Waals surface area contributed by atoms with Crippen LogP contribution >= 0.6 is 0 Å². The van der Waals surface area contributed by atoms with Gasteiger partial charge in [0.2, 0.25) is 17.6 Å². The number of nitrogens with zero attached hydrogens (tertiary/aromatic N) is 4. The molecule has 9 heteroatoms. The van der Waals surface area contributed by atoms with Crippen molar-refractivity contribution in [2.45, 2.75) is 13.0 Å². The van der Waals surface area contributed by atoms with Gasteiger partial charge in [0.1, 0.15) is 5.69 Å². The van der Waals surface area contributed by atoms with Crippen LogP contribution in [-0.2, 0) is 21.2 Å². The van der Waals surface area contributed by atoms with Crippen LogP contribution in [0, 0.1) is 5.92 Å². The normalized spacial score (nSPS) is 18.6. The summed E-state index contributed by atoms with van der Waals surface area (Å²) in [6, 6.07) is 5.36. The van der Waals surface area contributed by atoms with Crippen molar-refractivity contribution in [3.63, 3.8) is 0 Å². The highest BCUT2D eigenvalue weighted by molar-refractivity contribution is 7.94. The molecule has 2 aromatic heterocycles. The van der Waals surface area contributed by atoms with Crippen molar-refractivity contribution >= 4 is 15.7 Å². The Labute approximate surface area is 139 Å². The Morgan fingerprint density at radius 2 is 2.25 bits per heavy atom. The molecule has 1 aliphatic rings. The molecule has 8 nitrogen and oxygen atoms in total. The van der Waals surface area contributed by atoms with Gasteiger partial charge in [0.05, 0.1) is 12.3 Å². The van der Waals surface area contributed by atoms with Gasteiger partial charge >= 0.3 is 0 Å². The van der Waals surface area contributed by atoms with Crippen LogP contribution in [0.15, 0.2) is 40.4 Å². The first kappa shape index (κ1) is 16.3. The molecule has 2 aromatic rings. The summed E-state index contributed by atoms with van der Waals surface area (Å²) in [4.78, 5) is 22.0. The van der Waals surface area contributed by atoms with Crippen LogP contribution in [-0.4, -0.2) is 47.2 Å². The van der Waals surface area contributed by atoms with E-state index in [0.29, 0.717) is 17.4 Å². The van der Waals surface area contributed by atoms with Gasteiger partial charge in [0, 0.05) is 31.0 Å². The molecule has 0 saturated carbocycles. The summed E-state index contributed by atoms with van der Waals surface area (Å²) in [7, 11) is -1.54. The molecule has 3 heterocycles. The topological polar surface area (TPSA) is 106 Å². The van der Waals surface area contributed by atoms with Crippen LogP contribution in [0.25, 0.3) is 11.5 Å². The van der Waals surface area contributed by atoms with Crippen LogP contribution < -0.4 is 0 Å². The highest BCUT2D eigenvalue weighted by Crippen LogP contribution is 2.19. The minimum Gasteiger partial charge on any atom is -0.337 e. The van der Waals surface area contributed by atoms with Crippen molar-refractivity contribution in [3.8, 4) is 11.5 Å². The number of sulfone groups is 1. The van der Waals surface area contributed by atoms with Crippen LogP contribution in [0.2, 0.25) is 0 Å². The van der Waals surface area contributed by atoms with Crippen LogP contribution in [0.4, 0.5) is 0 Å². The average Bonchev–Trinajstić information content (AvgIpc) is 3.14. The second-order valence-corrected chi connectivity index (χ2v) is 7.53. The Morgan fingerprint density at radius 3 is 2.92 bits per heavy atom. The highest BCUT2D eigenvalue weighted by atomic mass is 32.2. The van der Waals surface area contributed by atoms with E-state index in [1.165, 1.54) is 10.3 Å². The van der Waals surface area contributed by atoms with Crippen LogP contribution in [0.1, 0.15) is 12.3 Å². The highest BCUT2D eigenvalue weighted by Gasteiger charge is 2.25. The van der Waals surface area contributed by atoms with E-state index in [4.69, 9.17) is 4.52 Å². The van der Waals surface area contributed by atoms with E-state index in [-0.39, 0.29) is 30.5 Å². The maximum absolute atomic E-state index is 12.2. The average molecular weight is 348 g/mol. The summed E-state index contributed by atoms with van der Waals surface area (Å²) in [5.74, 6) is 0.171. The molecule has 0 saturated heterocycles. The summed E-state index contributed by atoms with van der Waals surface area (Å²) in [6.07, 6.45) is 3.32. The van der Waals surface area contributed by atoms with Gasteiger partial charge in [0.15, 0.2) is 9.84 Å². The summed E-state index contributed by atoms with van der Waals surface area (Å²) in [6.45, 7) is 0.155. The Morgan fingerprint density at radius 1 is 1.42 bits per heavy atom. The summed E-state index contributed by atoms with van der Waals surface area (Å²) in [5.41, 5.74) is 0.586. The first-order valence-electron chi connectivity index (χ1n) is 7.32. The predicted octanol–water partition coefficient (Wildman–Crippen LogP) is 1.04. The third-order valence-electron chi connectivity index (χ3n) is 3.60. The number of hydrogen-bond acceptors (Lipinski definition) is 7. The monoisotopic (exact) mass is 348 g/mol. The zero-order valence-corrected chi connectivity index (χ0v) is 13.8. The molecule has 0 unspecified atom stereocenters. The molecule has 0 N–H and O–H groups in total. The Balaban J connectivity index is 1.59. The largest absolute Gasteiger partial charge is 0.337 e. The molecule has 0 fully saturated rings. The summed E-state index contributed by atoms with van der Waals surface area (Å²) in [5, 5.41) is 5.01. The van der Waals surface area contributed by atoms with Crippen molar-refractivity contribution in [1.82, 2.24) is 20.0 Å². The summed E-state index contributed by atoms with van der Waals surface area (Å²) < 4.78 is 27.9. The standard InChI is InChI=1S/C15H16N4O4S/c1-19(14(20)8-11-5-7-24(21,22)10-11)9-13-17-15(18-23-13)12-4-2-3-6-16-12/h2-7,11H,8-10H2,1H3/t11-/m1/s1. The molecule has 1 aliphatic heterocycles. The number of carbonyl (C=O) groups is 1. The van der Waals surface area contributed by atoms with E-state index in [9.17, 15) is 13.2 Å². The van der Waals surface area contributed by atoms with E-state index in [1.807, 2.05) is 6.07 Å². The van der Waals surface area contributed by atoms with Gasteiger partial charge in [-0.25, -0.2) is 8.42 Å². The molecule has 1 atom stereocenters. The molecule has 0 bridgehead atoms. The molecule has 3 rings (SSSR count). The van der Waals surface area contributed by atoms with Gasteiger partial charge in [-0.15, -0.1) is 0 Å². The summed E-state index contributed by atoms with van der Waals surface area (Å²) >= 11 is 0. The Kier molecular flexibility index (Phi) is 4.43. The van der Waals surface area contributed by atoms with Gasteiger partial charge in [-0.3, -0.25) is 9.78 Å². The number of amides is 1. The van der Waals surface area contributed by atoms with Crippen molar-refractivity contribution in [2.24, 2.45) is 5.92 Å². The molecule has 0 aromatic carbocycles. The smallest absolute Gasteiger partial charge is 0.246 e. The van der Waals surface area contributed by atoms with E-state index >= 15 is 0 Å². The zero-order valence-electron chi connectivity index (χ0n) is 13.0. The number of pyridine rings is 1. The number of carbonyl (C=O) groups excluding carboxylic acids is 1. The second-order valence-electron chi connectivity index (χ2n) is 5.60. The molecule has 1 amide bonds. The lowest BCUT2D eigenvalue weighted by atomic mass is 10.1. The SMILES string of the molecule is CN(Cc1nc(-c2ccccn2)no1)C(=O)C[C@H]1C=CS(=O)(=O)C1. The fourth-order valence-corrected chi connectivity index (χ4v) is 3.76. The number of aromatic nitrogens is 3. The lowest BCUT2D eigenvalue weighted by Gasteiger charge is -2.16. The number of allylic oxidation sites excluding steroid dienone is 1. The number of rotatable bonds is 5. The number of hydrogen-bond donors (Lipinski definition) is 0. The van der Waals surface area contributed by atoms with E-state index < -0.39 is 9.84 Å². The molecule has 0 radical (unpaired) electrons. The Bertz CT molecular complexity index is 861. The van der Waals surface area contributed by atoms with Crippen molar-refractivity contribution in [1.29, 1.82) is 0 Å². The maximum Gasteiger partial charge on any atom is 0.246 e. The zero-order chi connectivity index (χ0) is 17.2. The van der Waals surface area contributed by atoms with Gasteiger partial charge in [0.25, 0.3) is 0 Å². The van der Waals surface area contributed by atoms with E-state index in [2.05, 4.69) is 15.1 Å². The fourth-order valence-electron chi connectivity index (χ4n) is 2.36. The molecule has 126 valence electrons. The van der Waals surface area contributed by atoms with E-state index in [0.717, 1.165) is 0 Å². The van der Waals surface area contributed by atoms with E-state index in [1.54, 1.807) is 31.5 Å². The minimum atomic E-state index is -3.15. The minimum absolute atomic E-state index is 0.0169. The lowest BCUT2D eigenvalue weighted by molar-refractivity contribution is -0.131. The van der Waals surface area contributed by atoms with Gasteiger partial charge in [-0.1, -0.05) is 17.3 Å². The molecule has 0 aliphatic carbocycles. The fraction of sp³-hybridized carbons (Fsp3) is 0.333.